The Balaban J connectivity index is 1.94. The van der Waals surface area contributed by atoms with Crippen molar-refractivity contribution in [1.29, 1.82) is 0 Å². The molecule has 21 heavy (non-hydrogen) atoms. The maximum absolute atomic E-state index is 12.8. The molecular weight excluding hydrogens is 280 g/mol. The molecule has 2 heterocycles. The van der Waals surface area contributed by atoms with Crippen LogP contribution in [-0.4, -0.2) is 10.6 Å². The van der Waals surface area contributed by atoms with E-state index in [-0.39, 0.29) is 5.56 Å². The van der Waals surface area contributed by atoms with E-state index >= 15 is 0 Å². The molecule has 1 aliphatic carbocycles. The molecule has 1 aliphatic rings. The van der Waals surface area contributed by atoms with Gasteiger partial charge in [0.05, 0.1) is 10.6 Å². The van der Waals surface area contributed by atoms with Gasteiger partial charge in [0.2, 0.25) is 0 Å². The van der Waals surface area contributed by atoms with Gasteiger partial charge in [0.25, 0.3) is 5.56 Å². The molecule has 0 amide bonds. The van der Waals surface area contributed by atoms with Crippen LogP contribution in [0.25, 0.3) is 10.6 Å². The van der Waals surface area contributed by atoms with Crippen LogP contribution in [0.1, 0.15) is 44.7 Å². The highest BCUT2D eigenvalue weighted by molar-refractivity contribution is 7.13. The van der Waals surface area contributed by atoms with Crippen LogP contribution in [0.15, 0.2) is 34.4 Å². The summed E-state index contributed by atoms with van der Waals surface area (Å²) in [5.41, 5.74) is 2.13. The molecule has 1 atom stereocenters. The molecule has 1 N–H and O–H groups in total. The number of rotatable bonds is 6. The summed E-state index contributed by atoms with van der Waals surface area (Å²) >= 11 is 1.70. The van der Waals surface area contributed by atoms with Gasteiger partial charge in [0.1, 0.15) is 0 Å². The minimum atomic E-state index is 0.180. The highest BCUT2D eigenvalue weighted by Crippen LogP contribution is 2.38. The van der Waals surface area contributed by atoms with E-state index in [1.54, 1.807) is 11.3 Å². The standard InChI is InChI=1S/C17H22N2OS/c1-3-12(2)18-11-13-6-9-15(16-5-4-10-21-16)19(17(13)20)14-7-8-14/h4-6,9-10,12,14,18H,3,7-8,11H2,1-2H3. The maximum atomic E-state index is 12.8. The van der Waals surface area contributed by atoms with Crippen LogP contribution in [-0.2, 0) is 6.54 Å². The Labute approximate surface area is 129 Å². The van der Waals surface area contributed by atoms with Crippen molar-refractivity contribution in [3.05, 3.63) is 45.6 Å². The molecule has 4 heteroatoms. The van der Waals surface area contributed by atoms with Gasteiger partial charge in [-0.15, -0.1) is 11.3 Å². The van der Waals surface area contributed by atoms with Gasteiger partial charge in [-0.05, 0) is 43.7 Å². The van der Waals surface area contributed by atoms with E-state index in [0.29, 0.717) is 18.6 Å². The molecule has 0 radical (unpaired) electrons. The number of hydrogen-bond acceptors (Lipinski definition) is 3. The molecule has 1 saturated carbocycles. The van der Waals surface area contributed by atoms with Crippen LogP contribution in [0.4, 0.5) is 0 Å². The molecule has 0 saturated heterocycles. The van der Waals surface area contributed by atoms with Crippen molar-refractivity contribution >= 4 is 11.3 Å². The lowest BCUT2D eigenvalue weighted by atomic mass is 10.2. The van der Waals surface area contributed by atoms with Gasteiger partial charge >= 0.3 is 0 Å². The first kappa shape index (κ1) is 14.5. The predicted molar refractivity (Wildman–Crippen MR) is 88.9 cm³/mol. The molecule has 0 aromatic carbocycles. The molecule has 1 fully saturated rings. The lowest BCUT2D eigenvalue weighted by Crippen LogP contribution is -2.31. The van der Waals surface area contributed by atoms with E-state index in [9.17, 15) is 4.79 Å². The molecule has 0 spiro atoms. The first-order chi connectivity index (χ1) is 10.2. The molecule has 0 aliphatic heterocycles. The Kier molecular flexibility index (Phi) is 4.27. The second kappa shape index (κ2) is 6.16. The highest BCUT2D eigenvalue weighted by atomic mass is 32.1. The summed E-state index contributed by atoms with van der Waals surface area (Å²) in [7, 11) is 0. The van der Waals surface area contributed by atoms with Crippen molar-refractivity contribution in [3.8, 4) is 10.6 Å². The quantitative estimate of drug-likeness (QED) is 0.880. The second-order valence-electron chi connectivity index (χ2n) is 5.82. The van der Waals surface area contributed by atoms with Gasteiger partial charge in [-0.25, -0.2) is 0 Å². The average Bonchev–Trinajstić information content (AvgIpc) is 3.18. The Bertz CT molecular complexity index is 656. The number of nitrogens with zero attached hydrogens (tertiary/aromatic N) is 1. The van der Waals surface area contributed by atoms with Gasteiger partial charge in [-0.3, -0.25) is 4.79 Å². The third-order valence-electron chi connectivity index (χ3n) is 4.13. The summed E-state index contributed by atoms with van der Waals surface area (Å²) in [6, 6.07) is 9.08. The van der Waals surface area contributed by atoms with Crippen LogP contribution in [0, 0.1) is 0 Å². The van der Waals surface area contributed by atoms with E-state index in [1.807, 2.05) is 16.7 Å². The van der Waals surface area contributed by atoms with Crippen molar-refractivity contribution in [2.45, 2.75) is 51.7 Å². The molecule has 112 valence electrons. The van der Waals surface area contributed by atoms with Crippen LogP contribution < -0.4 is 10.9 Å². The number of thiophene rings is 1. The van der Waals surface area contributed by atoms with Crippen molar-refractivity contribution in [3.63, 3.8) is 0 Å². The van der Waals surface area contributed by atoms with E-state index < -0.39 is 0 Å². The topological polar surface area (TPSA) is 34.0 Å². The molecule has 3 nitrogen and oxygen atoms in total. The van der Waals surface area contributed by atoms with Crippen molar-refractivity contribution in [2.24, 2.45) is 0 Å². The van der Waals surface area contributed by atoms with Gasteiger partial charge in [0, 0.05) is 24.2 Å². The van der Waals surface area contributed by atoms with Gasteiger partial charge in [-0.2, -0.15) is 0 Å². The molecule has 2 aromatic rings. The lowest BCUT2D eigenvalue weighted by molar-refractivity contribution is 0.529. The number of aromatic nitrogens is 1. The largest absolute Gasteiger partial charge is 0.310 e. The normalized spacial score (nSPS) is 16.1. The average molecular weight is 302 g/mol. The molecule has 1 unspecified atom stereocenters. The van der Waals surface area contributed by atoms with Gasteiger partial charge in [0.15, 0.2) is 0 Å². The van der Waals surface area contributed by atoms with Crippen molar-refractivity contribution in [1.82, 2.24) is 9.88 Å². The minimum Gasteiger partial charge on any atom is -0.310 e. The van der Waals surface area contributed by atoms with Gasteiger partial charge in [-0.1, -0.05) is 19.1 Å². The van der Waals surface area contributed by atoms with Crippen LogP contribution in [0.5, 0.6) is 0 Å². The fourth-order valence-electron chi connectivity index (χ4n) is 2.48. The monoisotopic (exact) mass is 302 g/mol. The first-order valence-corrected chi connectivity index (χ1v) is 8.60. The second-order valence-corrected chi connectivity index (χ2v) is 6.77. The SMILES string of the molecule is CCC(C)NCc1ccc(-c2cccs2)n(C2CC2)c1=O. The lowest BCUT2D eigenvalue weighted by Gasteiger charge is -2.15. The van der Waals surface area contributed by atoms with Crippen LogP contribution in [0.2, 0.25) is 0 Å². The third kappa shape index (κ3) is 3.11. The Morgan fingerprint density at radius 1 is 1.38 bits per heavy atom. The summed E-state index contributed by atoms with van der Waals surface area (Å²) < 4.78 is 2.01. The minimum absolute atomic E-state index is 0.180. The fourth-order valence-corrected chi connectivity index (χ4v) is 3.23. The highest BCUT2D eigenvalue weighted by Gasteiger charge is 2.28. The first-order valence-electron chi connectivity index (χ1n) is 7.72. The Morgan fingerprint density at radius 2 is 2.19 bits per heavy atom. The van der Waals surface area contributed by atoms with Crippen LogP contribution in [0.3, 0.4) is 0 Å². The van der Waals surface area contributed by atoms with Crippen LogP contribution >= 0.6 is 11.3 Å². The zero-order chi connectivity index (χ0) is 14.8. The van der Waals surface area contributed by atoms with Crippen molar-refractivity contribution in [2.75, 3.05) is 0 Å². The number of nitrogens with one attached hydrogen (secondary N) is 1. The zero-order valence-electron chi connectivity index (χ0n) is 12.6. The Morgan fingerprint density at radius 3 is 2.81 bits per heavy atom. The van der Waals surface area contributed by atoms with Crippen molar-refractivity contribution < 1.29 is 0 Å². The smallest absolute Gasteiger partial charge is 0.255 e. The molecule has 2 aromatic heterocycles. The molecule has 0 bridgehead atoms. The number of pyridine rings is 1. The summed E-state index contributed by atoms with van der Waals surface area (Å²) in [6.07, 6.45) is 3.32. The fraction of sp³-hybridized carbons (Fsp3) is 0.471. The molecule has 3 rings (SSSR count). The van der Waals surface area contributed by atoms with E-state index in [4.69, 9.17) is 0 Å². The summed E-state index contributed by atoms with van der Waals surface area (Å²) in [5, 5.41) is 5.48. The van der Waals surface area contributed by atoms with E-state index in [1.165, 1.54) is 4.88 Å². The Hall–Kier alpha value is -1.39. The van der Waals surface area contributed by atoms with Gasteiger partial charge < -0.3 is 9.88 Å². The third-order valence-corrected chi connectivity index (χ3v) is 5.03. The summed E-state index contributed by atoms with van der Waals surface area (Å²) in [5.74, 6) is 0. The van der Waals surface area contributed by atoms with E-state index in [2.05, 4.69) is 36.7 Å². The molecular formula is C17H22N2OS. The predicted octanol–water partition coefficient (Wildman–Crippen LogP) is 3.80. The summed E-state index contributed by atoms with van der Waals surface area (Å²) in [4.78, 5) is 14.0. The van der Waals surface area contributed by atoms with E-state index in [0.717, 1.165) is 30.5 Å². The maximum Gasteiger partial charge on any atom is 0.255 e. The zero-order valence-corrected chi connectivity index (χ0v) is 13.5. The number of hydrogen-bond donors (Lipinski definition) is 1. The summed E-state index contributed by atoms with van der Waals surface area (Å²) in [6.45, 7) is 4.96.